The first-order chi connectivity index (χ1) is 7.77. The fourth-order valence-corrected chi connectivity index (χ4v) is 3.45. The second kappa shape index (κ2) is 3.84. The van der Waals surface area contributed by atoms with Crippen molar-refractivity contribution >= 4 is 0 Å². The van der Waals surface area contributed by atoms with Crippen molar-refractivity contribution in [2.75, 3.05) is 0 Å². The number of aliphatic hydroxyl groups excluding tert-OH is 1. The van der Waals surface area contributed by atoms with Crippen LogP contribution in [0.1, 0.15) is 31.5 Å². The van der Waals surface area contributed by atoms with E-state index in [1.54, 1.807) is 11.0 Å². The Bertz CT molecular complexity index is 364. The van der Waals surface area contributed by atoms with E-state index in [-0.39, 0.29) is 6.10 Å². The first-order valence-corrected chi connectivity index (χ1v) is 6.28. The number of aromatic nitrogens is 3. The summed E-state index contributed by atoms with van der Waals surface area (Å²) in [7, 11) is 1.88. The zero-order valence-electron chi connectivity index (χ0n) is 9.71. The number of hydrogen-bond acceptors (Lipinski definition) is 3. The van der Waals surface area contributed by atoms with Crippen molar-refractivity contribution in [2.24, 2.45) is 24.8 Å². The van der Waals surface area contributed by atoms with Crippen molar-refractivity contribution in [3.63, 3.8) is 0 Å². The molecule has 3 unspecified atom stereocenters. The molecule has 2 aliphatic carbocycles. The lowest BCUT2D eigenvalue weighted by molar-refractivity contribution is 0.137. The number of rotatable bonds is 3. The fourth-order valence-electron chi connectivity index (χ4n) is 3.45. The predicted octanol–water partition coefficient (Wildman–Crippen LogP) is 1.15. The Morgan fingerprint density at radius 2 is 2.12 bits per heavy atom. The minimum Gasteiger partial charge on any atom is -0.392 e. The second-order valence-electron chi connectivity index (χ2n) is 5.26. The standard InChI is InChI=1S/C12H19N3O/c1-15-11(13-7-14-15)6-10(16)12-8-4-2-3-5-9(8)12/h7-10,12,16H,2-6H2,1H3. The number of hydrogen-bond donors (Lipinski definition) is 1. The minimum atomic E-state index is -0.212. The molecule has 1 aromatic rings. The summed E-state index contributed by atoms with van der Waals surface area (Å²) in [5.41, 5.74) is 0. The highest BCUT2D eigenvalue weighted by Crippen LogP contribution is 2.57. The van der Waals surface area contributed by atoms with Gasteiger partial charge in [-0.25, -0.2) is 4.98 Å². The van der Waals surface area contributed by atoms with Crippen LogP contribution < -0.4 is 0 Å². The van der Waals surface area contributed by atoms with Crippen molar-refractivity contribution in [1.82, 2.24) is 14.8 Å². The monoisotopic (exact) mass is 221 g/mol. The molecular formula is C12H19N3O. The van der Waals surface area contributed by atoms with Crippen LogP contribution in [0.15, 0.2) is 6.33 Å². The van der Waals surface area contributed by atoms with Crippen LogP contribution in [0, 0.1) is 17.8 Å². The molecule has 0 spiro atoms. The van der Waals surface area contributed by atoms with E-state index in [1.807, 2.05) is 7.05 Å². The van der Waals surface area contributed by atoms with Gasteiger partial charge in [-0.3, -0.25) is 4.68 Å². The van der Waals surface area contributed by atoms with Gasteiger partial charge in [0.1, 0.15) is 12.2 Å². The van der Waals surface area contributed by atoms with Crippen LogP contribution in [-0.4, -0.2) is 26.0 Å². The molecule has 1 N–H and O–H groups in total. The van der Waals surface area contributed by atoms with Gasteiger partial charge in [-0.05, 0) is 30.6 Å². The van der Waals surface area contributed by atoms with Gasteiger partial charge < -0.3 is 5.11 Å². The molecule has 4 heteroatoms. The van der Waals surface area contributed by atoms with Gasteiger partial charge >= 0.3 is 0 Å². The Balaban J connectivity index is 1.62. The normalized spacial score (nSPS) is 34.5. The maximum Gasteiger partial charge on any atom is 0.138 e. The van der Waals surface area contributed by atoms with Crippen LogP contribution in [0.25, 0.3) is 0 Å². The van der Waals surface area contributed by atoms with E-state index in [2.05, 4.69) is 10.1 Å². The summed E-state index contributed by atoms with van der Waals surface area (Å²) < 4.78 is 1.76. The Labute approximate surface area is 95.7 Å². The predicted molar refractivity (Wildman–Crippen MR) is 59.7 cm³/mol. The van der Waals surface area contributed by atoms with Crippen molar-refractivity contribution in [3.05, 3.63) is 12.2 Å². The highest BCUT2D eigenvalue weighted by Gasteiger charge is 2.53. The van der Waals surface area contributed by atoms with Crippen molar-refractivity contribution in [1.29, 1.82) is 0 Å². The summed E-state index contributed by atoms with van der Waals surface area (Å²) in [6.45, 7) is 0. The van der Waals surface area contributed by atoms with Gasteiger partial charge in [0.2, 0.25) is 0 Å². The van der Waals surface area contributed by atoms with Gasteiger partial charge in [0, 0.05) is 13.5 Å². The van der Waals surface area contributed by atoms with Gasteiger partial charge in [-0.2, -0.15) is 5.10 Å². The van der Waals surface area contributed by atoms with E-state index in [0.717, 1.165) is 17.7 Å². The van der Waals surface area contributed by atoms with Gasteiger partial charge in [0.05, 0.1) is 6.10 Å². The molecule has 1 aromatic heterocycles. The first kappa shape index (κ1) is 10.3. The van der Waals surface area contributed by atoms with E-state index >= 15 is 0 Å². The number of fused-ring (bicyclic) bond motifs is 1. The van der Waals surface area contributed by atoms with Crippen molar-refractivity contribution in [3.8, 4) is 0 Å². The smallest absolute Gasteiger partial charge is 0.138 e. The zero-order valence-corrected chi connectivity index (χ0v) is 9.71. The minimum absolute atomic E-state index is 0.212. The molecule has 88 valence electrons. The van der Waals surface area contributed by atoms with Crippen LogP contribution in [0.2, 0.25) is 0 Å². The lowest BCUT2D eigenvalue weighted by Crippen LogP contribution is -2.18. The fraction of sp³-hybridized carbons (Fsp3) is 0.833. The molecule has 2 aliphatic rings. The van der Waals surface area contributed by atoms with Crippen LogP contribution in [-0.2, 0) is 13.5 Å². The maximum atomic E-state index is 10.2. The summed E-state index contributed by atoms with van der Waals surface area (Å²) in [5, 5.41) is 14.3. The second-order valence-corrected chi connectivity index (χ2v) is 5.26. The molecule has 4 nitrogen and oxygen atoms in total. The Morgan fingerprint density at radius 3 is 2.69 bits per heavy atom. The molecule has 2 saturated carbocycles. The summed E-state index contributed by atoms with van der Waals surface area (Å²) in [6.07, 6.45) is 7.37. The molecule has 3 atom stereocenters. The third kappa shape index (κ3) is 1.65. The number of nitrogens with zero attached hydrogens (tertiary/aromatic N) is 3. The molecule has 2 fully saturated rings. The third-order valence-electron chi connectivity index (χ3n) is 4.36. The highest BCUT2D eigenvalue weighted by molar-refractivity contribution is 5.04. The molecule has 0 bridgehead atoms. The quantitative estimate of drug-likeness (QED) is 0.833. The maximum absolute atomic E-state index is 10.2. The Hall–Kier alpha value is -0.900. The van der Waals surface area contributed by atoms with Crippen LogP contribution in [0.5, 0.6) is 0 Å². The van der Waals surface area contributed by atoms with E-state index in [1.165, 1.54) is 25.7 Å². The molecule has 0 amide bonds. The highest BCUT2D eigenvalue weighted by atomic mass is 16.3. The summed E-state index contributed by atoms with van der Waals surface area (Å²) in [6, 6.07) is 0. The van der Waals surface area contributed by atoms with Crippen LogP contribution in [0.3, 0.4) is 0 Å². The van der Waals surface area contributed by atoms with Gasteiger partial charge in [-0.1, -0.05) is 12.8 Å². The Kier molecular flexibility index (Phi) is 2.46. The Morgan fingerprint density at radius 1 is 1.44 bits per heavy atom. The average molecular weight is 221 g/mol. The zero-order chi connectivity index (χ0) is 11.1. The van der Waals surface area contributed by atoms with Crippen LogP contribution >= 0.6 is 0 Å². The van der Waals surface area contributed by atoms with E-state index in [0.29, 0.717) is 12.3 Å². The molecular weight excluding hydrogens is 202 g/mol. The topological polar surface area (TPSA) is 50.9 Å². The lowest BCUT2D eigenvalue weighted by Gasteiger charge is -2.09. The van der Waals surface area contributed by atoms with E-state index in [9.17, 15) is 5.11 Å². The van der Waals surface area contributed by atoms with Crippen molar-refractivity contribution < 1.29 is 5.11 Å². The SMILES string of the molecule is Cn1ncnc1CC(O)C1C2CCCCC21. The molecule has 16 heavy (non-hydrogen) atoms. The largest absolute Gasteiger partial charge is 0.392 e. The van der Waals surface area contributed by atoms with E-state index in [4.69, 9.17) is 0 Å². The summed E-state index contributed by atoms with van der Waals surface area (Å²) in [5.74, 6) is 3.05. The first-order valence-electron chi connectivity index (χ1n) is 6.28. The third-order valence-corrected chi connectivity index (χ3v) is 4.36. The number of aliphatic hydroxyl groups is 1. The summed E-state index contributed by atoms with van der Waals surface area (Å²) in [4.78, 5) is 4.18. The van der Waals surface area contributed by atoms with Gasteiger partial charge in [-0.15, -0.1) is 0 Å². The van der Waals surface area contributed by atoms with Crippen LogP contribution in [0.4, 0.5) is 0 Å². The molecule has 1 heterocycles. The number of aryl methyl sites for hydroxylation is 1. The molecule has 0 aromatic carbocycles. The molecule has 3 rings (SSSR count). The van der Waals surface area contributed by atoms with Crippen molar-refractivity contribution in [2.45, 2.75) is 38.2 Å². The van der Waals surface area contributed by atoms with Gasteiger partial charge in [0.25, 0.3) is 0 Å². The van der Waals surface area contributed by atoms with E-state index < -0.39 is 0 Å². The average Bonchev–Trinajstić information content (AvgIpc) is 2.90. The molecule has 0 aliphatic heterocycles. The molecule has 0 saturated heterocycles. The lowest BCUT2D eigenvalue weighted by atomic mass is 10.0. The van der Waals surface area contributed by atoms with Gasteiger partial charge in [0.15, 0.2) is 0 Å². The molecule has 0 radical (unpaired) electrons. The summed E-state index contributed by atoms with van der Waals surface area (Å²) >= 11 is 0.